The number of hydrogen-bond donors (Lipinski definition) is 1. The minimum atomic E-state index is 1.06. The Bertz CT molecular complexity index is 406. The predicted molar refractivity (Wildman–Crippen MR) is 53.9 cm³/mol. The van der Waals surface area contributed by atoms with Crippen molar-refractivity contribution in [1.29, 1.82) is 0 Å². The van der Waals surface area contributed by atoms with Gasteiger partial charge in [-0.05, 0) is 24.4 Å². The Labute approximate surface area is 75.3 Å². The SMILES string of the molecule is CNc1cc(C)nc2sccc12. The Kier molecular flexibility index (Phi) is 1.73. The van der Waals surface area contributed by atoms with Crippen molar-refractivity contribution < 1.29 is 0 Å². The van der Waals surface area contributed by atoms with E-state index >= 15 is 0 Å². The van der Waals surface area contributed by atoms with E-state index < -0.39 is 0 Å². The summed E-state index contributed by atoms with van der Waals surface area (Å²) in [4.78, 5) is 5.53. The van der Waals surface area contributed by atoms with Gasteiger partial charge in [0.25, 0.3) is 0 Å². The summed E-state index contributed by atoms with van der Waals surface area (Å²) in [5.74, 6) is 0. The lowest BCUT2D eigenvalue weighted by atomic mass is 10.2. The van der Waals surface area contributed by atoms with Crippen molar-refractivity contribution in [2.24, 2.45) is 0 Å². The zero-order valence-corrected chi connectivity index (χ0v) is 7.90. The molecule has 0 saturated heterocycles. The van der Waals surface area contributed by atoms with Crippen molar-refractivity contribution in [3.8, 4) is 0 Å². The van der Waals surface area contributed by atoms with Gasteiger partial charge < -0.3 is 5.32 Å². The molecule has 0 aromatic carbocycles. The topological polar surface area (TPSA) is 24.9 Å². The smallest absolute Gasteiger partial charge is 0.125 e. The molecule has 1 N–H and O–H groups in total. The average molecular weight is 178 g/mol. The summed E-state index contributed by atoms with van der Waals surface area (Å²) in [5.41, 5.74) is 2.23. The molecule has 0 aliphatic carbocycles. The lowest BCUT2D eigenvalue weighted by molar-refractivity contribution is 1.27. The van der Waals surface area contributed by atoms with Gasteiger partial charge in [-0.15, -0.1) is 11.3 Å². The van der Waals surface area contributed by atoms with Gasteiger partial charge >= 0.3 is 0 Å². The van der Waals surface area contributed by atoms with Gasteiger partial charge in [-0.3, -0.25) is 0 Å². The van der Waals surface area contributed by atoms with Gasteiger partial charge in [0.2, 0.25) is 0 Å². The van der Waals surface area contributed by atoms with E-state index in [-0.39, 0.29) is 0 Å². The van der Waals surface area contributed by atoms with Crippen LogP contribution < -0.4 is 5.32 Å². The molecule has 0 aliphatic heterocycles. The van der Waals surface area contributed by atoms with Crippen LogP contribution in [0.4, 0.5) is 5.69 Å². The van der Waals surface area contributed by atoms with E-state index in [1.54, 1.807) is 11.3 Å². The number of thiophene rings is 1. The lowest BCUT2D eigenvalue weighted by Crippen LogP contribution is -1.90. The fourth-order valence-corrected chi connectivity index (χ4v) is 2.11. The first-order valence-electron chi connectivity index (χ1n) is 3.84. The zero-order valence-electron chi connectivity index (χ0n) is 7.09. The van der Waals surface area contributed by atoms with Crippen molar-refractivity contribution in [2.75, 3.05) is 12.4 Å². The van der Waals surface area contributed by atoms with Crippen LogP contribution in [0.3, 0.4) is 0 Å². The fourth-order valence-electron chi connectivity index (χ4n) is 1.28. The van der Waals surface area contributed by atoms with E-state index in [9.17, 15) is 0 Å². The van der Waals surface area contributed by atoms with Crippen molar-refractivity contribution in [3.63, 3.8) is 0 Å². The van der Waals surface area contributed by atoms with E-state index in [0.29, 0.717) is 0 Å². The molecule has 0 atom stereocenters. The van der Waals surface area contributed by atoms with E-state index in [4.69, 9.17) is 0 Å². The number of fused-ring (bicyclic) bond motifs is 1. The molecular formula is C9H10N2S. The number of anilines is 1. The van der Waals surface area contributed by atoms with Crippen molar-refractivity contribution in [3.05, 3.63) is 23.2 Å². The van der Waals surface area contributed by atoms with Gasteiger partial charge in [-0.1, -0.05) is 0 Å². The molecule has 0 fully saturated rings. The Morgan fingerprint density at radius 2 is 2.33 bits per heavy atom. The monoisotopic (exact) mass is 178 g/mol. The standard InChI is InChI=1S/C9H10N2S/c1-6-5-8(10-2)7-3-4-12-9(7)11-6/h3-5H,1-2H3,(H,10,11). The third-order valence-corrected chi connectivity index (χ3v) is 2.64. The molecule has 0 saturated carbocycles. The lowest BCUT2D eigenvalue weighted by Gasteiger charge is -2.02. The quantitative estimate of drug-likeness (QED) is 0.726. The van der Waals surface area contributed by atoms with Gasteiger partial charge in [-0.2, -0.15) is 0 Å². The molecule has 0 aliphatic rings. The molecule has 2 rings (SSSR count). The molecule has 12 heavy (non-hydrogen) atoms. The largest absolute Gasteiger partial charge is 0.387 e. The normalized spacial score (nSPS) is 10.5. The van der Waals surface area contributed by atoms with Crippen LogP contribution in [0.2, 0.25) is 0 Å². The molecule has 2 heterocycles. The van der Waals surface area contributed by atoms with Crippen LogP contribution >= 0.6 is 11.3 Å². The maximum absolute atomic E-state index is 4.42. The van der Waals surface area contributed by atoms with Gasteiger partial charge in [0, 0.05) is 23.8 Å². The summed E-state index contributed by atoms with van der Waals surface area (Å²) in [7, 11) is 1.94. The molecule has 62 valence electrons. The minimum absolute atomic E-state index is 1.06. The average Bonchev–Trinajstić information content (AvgIpc) is 2.50. The van der Waals surface area contributed by atoms with Crippen LogP contribution in [0.5, 0.6) is 0 Å². The van der Waals surface area contributed by atoms with Crippen LogP contribution in [0, 0.1) is 6.92 Å². The van der Waals surface area contributed by atoms with E-state index in [1.165, 1.54) is 11.1 Å². The minimum Gasteiger partial charge on any atom is -0.387 e. The molecule has 0 spiro atoms. The van der Waals surface area contributed by atoms with Crippen molar-refractivity contribution in [2.45, 2.75) is 6.92 Å². The van der Waals surface area contributed by atoms with Crippen LogP contribution in [0.1, 0.15) is 5.69 Å². The first kappa shape index (κ1) is 7.55. The summed E-state index contributed by atoms with van der Waals surface area (Å²) in [6, 6.07) is 4.16. The molecule has 0 bridgehead atoms. The molecular weight excluding hydrogens is 168 g/mol. The van der Waals surface area contributed by atoms with Crippen LogP contribution in [0.15, 0.2) is 17.5 Å². The van der Waals surface area contributed by atoms with E-state index in [0.717, 1.165) is 10.5 Å². The second kappa shape index (κ2) is 2.75. The first-order chi connectivity index (χ1) is 5.81. The fraction of sp³-hybridized carbons (Fsp3) is 0.222. The number of aryl methyl sites for hydroxylation is 1. The van der Waals surface area contributed by atoms with E-state index in [1.807, 2.05) is 14.0 Å². The number of hydrogen-bond acceptors (Lipinski definition) is 3. The second-order valence-corrected chi connectivity index (χ2v) is 3.60. The Morgan fingerprint density at radius 1 is 1.50 bits per heavy atom. The number of nitrogens with one attached hydrogen (secondary N) is 1. The Hall–Kier alpha value is -1.09. The van der Waals surface area contributed by atoms with Crippen molar-refractivity contribution >= 4 is 27.2 Å². The molecule has 0 radical (unpaired) electrons. The van der Waals surface area contributed by atoms with Gasteiger partial charge in [0.05, 0.1) is 0 Å². The highest BCUT2D eigenvalue weighted by Gasteiger charge is 2.02. The summed E-state index contributed by atoms with van der Waals surface area (Å²) in [5, 5.41) is 6.45. The highest BCUT2D eigenvalue weighted by atomic mass is 32.1. The molecule has 0 amide bonds. The zero-order chi connectivity index (χ0) is 8.55. The number of nitrogens with zero attached hydrogens (tertiary/aromatic N) is 1. The van der Waals surface area contributed by atoms with Crippen LogP contribution in [-0.2, 0) is 0 Å². The highest BCUT2D eigenvalue weighted by Crippen LogP contribution is 2.26. The maximum atomic E-state index is 4.42. The third-order valence-electron chi connectivity index (χ3n) is 1.84. The van der Waals surface area contributed by atoms with Gasteiger partial charge in [0.1, 0.15) is 4.83 Å². The second-order valence-electron chi connectivity index (χ2n) is 2.70. The third kappa shape index (κ3) is 1.06. The predicted octanol–water partition coefficient (Wildman–Crippen LogP) is 2.65. The Morgan fingerprint density at radius 3 is 3.08 bits per heavy atom. The molecule has 3 heteroatoms. The first-order valence-corrected chi connectivity index (χ1v) is 4.72. The number of pyridine rings is 1. The van der Waals surface area contributed by atoms with Crippen LogP contribution in [0.25, 0.3) is 10.2 Å². The van der Waals surface area contributed by atoms with Crippen LogP contribution in [-0.4, -0.2) is 12.0 Å². The molecule has 2 aromatic heterocycles. The summed E-state index contributed by atoms with van der Waals surface area (Å²) < 4.78 is 0. The Balaban J connectivity index is 2.80. The molecule has 2 nitrogen and oxygen atoms in total. The van der Waals surface area contributed by atoms with Crippen molar-refractivity contribution in [1.82, 2.24) is 4.98 Å². The summed E-state index contributed by atoms with van der Waals surface area (Å²) >= 11 is 1.68. The summed E-state index contributed by atoms with van der Waals surface area (Å²) in [6.07, 6.45) is 0. The van der Waals surface area contributed by atoms with E-state index in [2.05, 4.69) is 27.8 Å². The molecule has 0 unspecified atom stereocenters. The highest BCUT2D eigenvalue weighted by molar-refractivity contribution is 7.16. The number of aromatic nitrogens is 1. The van der Waals surface area contributed by atoms with Gasteiger partial charge in [-0.25, -0.2) is 4.98 Å². The number of rotatable bonds is 1. The van der Waals surface area contributed by atoms with Gasteiger partial charge in [0.15, 0.2) is 0 Å². The summed E-state index contributed by atoms with van der Waals surface area (Å²) in [6.45, 7) is 2.01. The molecule has 2 aromatic rings. The maximum Gasteiger partial charge on any atom is 0.125 e.